The van der Waals surface area contributed by atoms with E-state index in [1.165, 1.54) is 11.4 Å². The van der Waals surface area contributed by atoms with E-state index in [-0.39, 0.29) is 6.10 Å². The van der Waals surface area contributed by atoms with Gasteiger partial charge in [0.05, 0.1) is 10.7 Å². The van der Waals surface area contributed by atoms with Gasteiger partial charge >= 0.3 is 0 Å². The molecule has 1 unspecified atom stereocenters. The van der Waals surface area contributed by atoms with Crippen molar-refractivity contribution in [3.05, 3.63) is 16.1 Å². The first kappa shape index (κ1) is 10.1. The number of nitrogens with zero attached hydrogens (tertiary/aromatic N) is 1. The Balaban J connectivity index is 1.94. The first-order valence-corrected chi connectivity index (χ1v) is 6.04. The summed E-state index contributed by atoms with van der Waals surface area (Å²) in [5.41, 5.74) is 6.58. The van der Waals surface area contributed by atoms with Crippen molar-refractivity contribution in [1.29, 1.82) is 0 Å². The molecular weight excluding hydrogens is 196 g/mol. The maximum Gasteiger partial charge on any atom is 0.100 e. The van der Waals surface area contributed by atoms with Crippen molar-refractivity contribution in [1.82, 2.24) is 4.98 Å². The molecule has 78 valence electrons. The summed E-state index contributed by atoms with van der Waals surface area (Å²) in [4.78, 5) is 4.57. The number of nitrogens with two attached hydrogens (primary N) is 1. The molecule has 1 fully saturated rings. The third-order valence-corrected chi connectivity index (χ3v) is 3.35. The van der Waals surface area contributed by atoms with Crippen molar-refractivity contribution in [2.24, 2.45) is 5.73 Å². The molecule has 0 bridgehead atoms. The van der Waals surface area contributed by atoms with Crippen molar-refractivity contribution in [2.45, 2.75) is 31.8 Å². The summed E-state index contributed by atoms with van der Waals surface area (Å²) in [5, 5.41) is 3.32. The lowest BCUT2D eigenvalue weighted by atomic mass is 10.2. The Morgan fingerprint density at radius 2 is 2.57 bits per heavy atom. The fraction of sp³-hybridized carbons (Fsp3) is 0.700. The number of hydrogen-bond donors (Lipinski definition) is 1. The lowest BCUT2D eigenvalue weighted by Crippen LogP contribution is -2.01. The minimum Gasteiger partial charge on any atom is -0.372 e. The van der Waals surface area contributed by atoms with Crippen molar-refractivity contribution in [3.63, 3.8) is 0 Å². The van der Waals surface area contributed by atoms with Crippen LogP contribution in [0.2, 0.25) is 0 Å². The van der Waals surface area contributed by atoms with Crippen LogP contribution in [-0.2, 0) is 11.2 Å². The maximum atomic E-state index is 5.58. The molecule has 1 aliphatic rings. The van der Waals surface area contributed by atoms with Crippen LogP contribution in [0.4, 0.5) is 0 Å². The van der Waals surface area contributed by atoms with Gasteiger partial charge in [0.25, 0.3) is 0 Å². The molecule has 1 atom stereocenters. The molecular formula is C10H16N2OS. The van der Waals surface area contributed by atoms with Crippen LogP contribution in [0.15, 0.2) is 5.38 Å². The first-order chi connectivity index (χ1) is 6.90. The van der Waals surface area contributed by atoms with Gasteiger partial charge in [-0.1, -0.05) is 0 Å². The summed E-state index contributed by atoms with van der Waals surface area (Å²) in [6, 6.07) is 0. The molecule has 0 spiro atoms. The van der Waals surface area contributed by atoms with Crippen molar-refractivity contribution in [3.8, 4) is 0 Å². The standard InChI is InChI=1S/C10H16N2OS/c11-5-1-4-10-12-8(7-14-10)9-3-2-6-13-9/h7,9H,1-6,11H2. The zero-order chi connectivity index (χ0) is 9.80. The van der Waals surface area contributed by atoms with E-state index in [4.69, 9.17) is 10.5 Å². The Bertz CT molecular complexity index is 281. The average Bonchev–Trinajstić information content (AvgIpc) is 2.85. The number of hydrogen-bond acceptors (Lipinski definition) is 4. The second-order valence-electron chi connectivity index (χ2n) is 3.56. The molecule has 0 radical (unpaired) electrons. The van der Waals surface area contributed by atoms with Crippen LogP contribution in [0.1, 0.15) is 36.1 Å². The van der Waals surface area contributed by atoms with Crippen LogP contribution in [0.3, 0.4) is 0 Å². The molecule has 14 heavy (non-hydrogen) atoms. The highest BCUT2D eigenvalue weighted by Crippen LogP contribution is 2.29. The Kier molecular flexibility index (Phi) is 3.50. The summed E-state index contributed by atoms with van der Waals surface area (Å²) < 4.78 is 5.58. The van der Waals surface area contributed by atoms with Gasteiger partial charge in [0.1, 0.15) is 6.10 Å². The maximum absolute atomic E-state index is 5.58. The van der Waals surface area contributed by atoms with Crippen LogP contribution in [-0.4, -0.2) is 18.1 Å². The molecule has 1 aromatic rings. The summed E-state index contributed by atoms with van der Waals surface area (Å²) in [6.45, 7) is 1.63. The van der Waals surface area contributed by atoms with Gasteiger partial charge in [0.2, 0.25) is 0 Å². The van der Waals surface area contributed by atoms with E-state index < -0.39 is 0 Å². The van der Waals surface area contributed by atoms with Crippen LogP contribution >= 0.6 is 11.3 Å². The van der Waals surface area contributed by atoms with E-state index in [2.05, 4.69) is 10.4 Å². The van der Waals surface area contributed by atoms with Gasteiger partial charge in [-0.25, -0.2) is 4.98 Å². The van der Waals surface area contributed by atoms with E-state index in [1.807, 2.05) is 0 Å². The van der Waals surface area contributed by atoms with Gasteiger partial charge in [-0.15, -0.1) is 11.3 Å². The van der Waals surface area contributed by atoms with E-state index in [0.29, 0.717) is 0 Å². The molecule has 1 aromatic heterocycles. The van der Waals surface area contributed by atoms with Gasteiger partial charge in [-0.3, -0.25) is 0 Å². The van der Waals surface area contributed by atoms with Crippen LogP contribution < -0.4 is 5.73 Å². The number of ether oxygens (including phenoxy) is 1. The van der Waals surface area contributed by atoms with E-state index in [0.717, 1.165) is 38.1 Å². The zero-order valence-corrected chi connectivity index (χ0v) is 9.05. The Morgan fingerprint density at radius 1 is 1.64 bits per heavy atom. The lowest BCUT2D eigenvalue weighted by Gasteiger charge is -2.03. The predicted molar refractivity (Wildman–Crippen MR) is 57.4 cm³/mol. The predicted octanol–water partition coefficient (Wildman–Crippen LogP) is 1.89. The van der Waals surface area contributed by atoms with Gasteiger partial charge in [0, 0.05) is 18.4 Å². The number of thiazole rings is 1. The number of rotatable bonds is 4. The van der Waals surface area contributed by atoms with Crippen molar-refractivity contribution >= 4 is 11.3 Å². The molecule has 0 aliphatic carbocycles. The average molecular weight is 212 g/mol. The second kappa shape index (κ2) is 4.87. The highest BCUT2D eigenvalue weighted by Gasteiger charge is 2.20. The topological polar surface area (TPSA) is 48.1 Å². The second-order valence-corrected chi connectivity index (χ2v) is 4.50. The van der Waals surface area contributed by atoms with Gasteiger partial charge < -0.3 is 10.5 Å². The lowest BCUT2D eigenvalue weighted by molar-refractivity contribution is 0.109. The van der Waals surface area contributed by atoms with Crippen LogP contribution in [0.25, 0.3) is 0 Å². The minimum atomic E-state index is 0.262. The van der Waals surface area contributed by atoms with Crippen LogP contribution in [0.5, 0.6) is 0 Å². The van der Waals surface area contributed by atoms with Gasteiger partial charge in [0.15, 0.2) is 0 Å². The molecule has 0 saturated carbocycles. The van der Waals surface area contributed by atoms with E-state index >= 15 is 0 Å². The molecule has 2 heterocycles. The summed E-state index contributed by atoms with van der Waals surface area (Å²) in [6.07, 6.45) is 4.59. The van der Waals surface area contributed by atoms with Crippen molar-refractivity contribution in [2.75, 3.05) is 13.2 Å². The first-order valence-electron chi connectivity index (χ1n) is 5.16. The van der Waals surface area contributed by atoms with Gasteiger partial charge in [-0.05, 0) is 25.8 Å². The fourth-order valence-corrected chi connectivity index (χ4v) is 2.53. The molecule has 2 rings (SSSR count). The molecule has 1 saturated heterocycles. The monoisotopic (exact) mass is 212 g/mol. The highest BCUT2D eigenvalue weighted by molar-refractivity contribution is 7.09. The fourth-order valence-electron chi connectivity index (χ4n) is 1.65. The molecule has 1 aliphatic heterocycles. The van der Waals surface area contributed by atoms with Crippen molar-refractivity contribution < 1.29 is 4.74 Å². The van der Waals surface area contributed by atoms with Gasteiger partial charge in [-0.2, -0.15) is 0 Å². The quantitative estimate of drug-likeness (QED) is 0.829. The molecule has 4 heteroatoms. The molecule has 2 N–H and O–H groups in total. The largest absolute Gasteiger partial charge is 0.372 e. The smallest absolute Gasteiger partial charge is 0.100 e. The number of aromatic nitrogens is 1. The van der Waals surface area contributed by atoms with Crippen LogP contribution in [0, 0.1) is 0 Å². The molecule has 0 amide bonds. The third kappa shape index (κ3) is 2.32. The SMILES string of the molecule is NCCCc1nc(C2CCCO2)cs1. The molecule has 0 aromatic carbocycles. The summed E-state index contributed by atoms with van der Waals surface area (Å²) >= 11 is 1.73. The Hall–Kier alpha value is -0.450. The summed E-state index contributed by atoms with van der Waals surface area (Å²) in [5.74, 6) is 0. The Morgan fingerprint density at radius 3 is 3.29 bits per heavy atom. The minimum absolute atomic E-state index is 0.262. The number of aryl methyl sites for hydroxylation is 1. The normalized spacial score (nSPS) is 21.6. The molecule has 3 nitrogen and oxygen atoms in total. The summed E-state index contributed by atoms with van der Waals surface area (Å²) in [7, 11) is 0. The Labute approximate surface area is 88.3 Å². The zero-order valence-electron chi connectivity index (χ0n) is 8.24. The highest BCUT2D eigenvalue weighted by atomic mass is 32.1. The van der Waals surface area contributed by atoms with E-state index in [1.54, 1.807) is 11.3 Å². The van der Waals surface area contributed by atoms with E-state index in [9.17, 15) is 0 Å². The third-order valence-electron chi connectivity index (χ3n) is 2.42.